The first-order valence-electron chi connectivity index (χ1n) is 6.47. The van der Waals surface area contributed by atoms with Crippen molar-refractivity contribution in [2.75, 3.05) is 23.7 Å². The Hall–Kier alpha value is -1.13. The van der Waals surface area contributed by atoms with Gasteiger partial charge in [0.15, 0.2) is 0 Å². The molecule has 1 heterocycles. The standard InChI is InChI=1S/C15H18ClNO2S/c1-15(2)10-17(8-9-20-15)14-11(6-7-13(18)19)4-3-5-12(14)16/h3-7H,8-10H2,1-2H3,(H,18,19)/b7-6+. The lowest BCUT2D eigenvalue weighted by atomic mass is 10.1. The number of rotatable bonds is 3. The van der Waals surface area contributed by atoms with E-state index < -0.39 is 5.97 Å². The number of hydrogen-bond acceptors (Lipinski definition) is 3. The first-order chi connectivity index (χ1) is 9.39. The molecule has 1 aliphatic heterocycles. The third-order valence-corrected chi connectivity index (χ3v) is 4.77. The second kappa shape index (κ2) is 6.10. The molecule has 0 aliphatic carbocycles. The van der Waals surface area contributed by atoms with Crippen LogP contribution in [0.15, 0.2) is 24.3 Å². The molecule has 1 aromatic rings. The second-order valence-electron chi connectivity index (χ2n) is 5.38. The smallest absolute Gasteiger partial charge is 0.328 e. The van der Waals surface area contributed by atoms with E-state index in [0.29, 0.717) is 5.02 Å². The Kier molecular flexibility index (Phi) is 4.66. The molecule has 1 aliphatic rings. The van der Waals surface area contributed by atoms with E-state index in [2.05, 4.69) is 18.7 Å². The highest BCUT2D eigenvalue weighted by Gasteiger charge is 2.28. The highest BCUT2D eigenvalue weighted by Crippen LogP contribution is 2.37. The van der Waals surface area contributed by atoms with E-state index in [0.717, 1.165) is 36.2 Å². The SMILES string of the molecule is CC1(C)CN(c2c(Cl)cccc2/C=C/C(=O)O)CCS1. The summed E-state index contributed by atoms with van der Waals surface area (Å²) in [4.78, 5) is 13.0. The Morgan fingerprint density at radius 1 is 1.50 bits per heavy atom. The van der Waals surface area contributed by atoms with Crippen LogP contribution in [0, 0.1) is 0 Å². The minimum Gasteiger partial charge on any atom is -0.478 e. The molecule has 0 aromatic heterocycles. The number of para-hydroxylation sites is 1. The number of aliphatic carboxylic acids is 1. The molecular formula is C15H18ClNO2S. The third-order valence-electron chi connectivity index (χ3n) is 3.17. The van der Waals surface area contributed by atoms with Crippen LogP contribution in [0.5, 0.6) is 0 Å². The molecule has 3 nitrogen and oxygen atoms in total. The highest BCUT2D eigenvalue weighted by atomic mass is 35.5. The molecule has 1 fully saturated rings. The van der Waals surface area contributed by atoms with Gasteiger partial charge in [-0.1, -0.05) is 23.7 Å². The Morgan fingerprint density at radius 3 is 2.90 bits per heavy atom. The van der Waals surface area contributed by atoms with Crippen LogP contribution in [-0.2, 0) is 4.79 Å². The van der Waals surface area contributed by atoms with Crippen molar-refractivity contribution in [3.05, 3.63) is 34.9 Å². The normalized spacial score (nSPS) is 18.4. The fourth-order valence-corrected chi connectivity index (χ4v) is 3.78. The summed E-state index contributed by atoms with van der Waals surface area (Å²) in [6.45, 7) is 6.25. The summed E-state index contributed by atoms with van der Waals surface area (Å²) < 4.78 is 0.172. The fraction of sp³-hybridized carbons (Fsp3) is 0.400. The Balaban J connectivity index is 2.37. The zero-order valence-electron chi connectivity index (χ0n) is 11.6. The number of carbonyl (C=O) groups is 1. The number of halogens is 1. The number of benzene rings is 1. The van der Waals surface area contributed by atoms with Gasteiger partial charge in [0, 0.05) is 29.7 Å². The van der Waals surface area contributed by atoms with Crippen molar-refractivity contribution < 1.29 is 9.90 Å². The Morgan fingerprint density at radius 2 is 2.25 bits per heavy atom. The summed E-state index contributed by atoms with van der Waals surface area (Å²) in [6, 6.07) is 5.59. The first-order valence-corrected chi connectivity index (χ1v) is 7.84. The van der Waals surface area contributed by atoms with Crippen molar-refractivity contribution in [2.24, 2.45) is 0 Å². The minimum absolute atomic E-state index is 0.172. The largest absolute Gasteiger partial charge is 0.478 e. The van der Waals surface area contributed by atoms with E-state index in [-0.39, 0.29) is 4.75 Å². The van der Waals surface area contributed by atoms with Crippen LogP contribution in [0.25, 0.3) is 6.08 Å². The van der Waals surface area contributed by atoms with Crippen molar-refractivity contribution in [3.63, 3.8) is 0 Å². The molecule has 1 saturated heterocycles. The van der Waals surface area contributed by atoms with E-state index in [9.17, 15) is 4.79 Å². The Labute approximate surface area is 128 Å². The molecule has 0 spiro atoms. The molecule has 2 rings (SSSR count). The zero-order valence-corrected chi connectivity index (χ0v) is 13.2. The molecule has 20 heavy (non-hydrogen) atoms. The zero-order chi connectivity index (χ0) is 14.8. The van der Waals surface area contributed by atoms with Gasteiger partial charge in [-0.2, -0.15) is 11.8 Å². The number of anilines is 1. The molecule has 0 bridgehead atoms. The summed E-state index contributed by atoms with van der Waals surface area (Å²) in [5.41, 5.74) is 1.78. The van der Waals surface area contributed by atoms with Crippen LogP contribution < -0.4 is 4.90 Å². The monoisotopic (exact) mass is 311 g/mol. The third kappa shape index (κ3) is 3.70. The second-order valence-corrected chi connectivity index (χ2v) is 7.59. The lowest BCUT2D eigenvalue weighted by Crippen LogP contribution is -2.43. The maximum atomic E-state index is 10.7. The van der Waals surface area contributed by atoms with Gasteiger partial charge in [0.2, 0.25) is 0 Å². The van der Waals surface area contributed by atoms with E-state index in [1.54, 1.807) is 6.08 Å². The van der Waals surface area contributed by atoms with Gasteiger partial charge in [-0.3, -0.25) is 0 Å². The molecule has 0 amide bonds. The number of carboxylic acid groups (broad SMARTS) is 1. The molecule has 0 saturated carbocycles. The lowest BCUT2D eigenvalue weighted by molar-refractivity contribution is -0.131. The average molecular weight is 312 g/mol. The minimum atomic E-state index is -0.953. The van der Waals surface area contributed by atoms with Gasteiger partial charge in [0.05, 0.1) is 10.7 Å². The van der Waals surface area contributed by atoms with Crippen molar-refractivity contribution in [1.29, 1.82) is 0 Å². The molecular weight excluding hydrogens is 294 g/mol. The van der Waals surface area contributed by atoms with Crippen molar-refractivity contribution in [3.8, 4) is 0 Å². The van der Waals surface area contributed by atoms with Crippen LogP contribution in [0.2, 0.25) is 5.02 Å². The average Bonchev–Trinajstić information content (AvgIpc) is 2.35. The van der Waals surface area contributed by atoms with Gasteiger partial charge in [0.1, 0.15) is 0 Å². The molecule has 5 heteroatoms. The summed E-state index contributed by atoms with van der Waals surface area (Å²) >= 11 is 8.29. The van der Waals surface area contributed by atoms with Gasteiger partial charge < -0.3 is 10.0 Å². The highest BCUT2D eigenvalue weighted by molar-refractivity contribution is 8.00. The molecule has 1 aromatic carbocycles. The topological polar surface area (TPSA) is 40.5 Å². The van der Waals surface area contributed by atoms with Gasteiger partial charge in [-0.15, -0.1) is 0 Å². The van der Waals surface area contributed by atoms with E-state index >= 15 is 0 Å². The Bertz CT molecular complexity index is 543. The van der Waals surface area contributed by atoms with Crippen LogP contribution >= 0.6 is 23.4 Å². The van der Waals surface area contributed by atoms with Crippen molar-refractivity contribution in [2.45, 2.75) is 18.6 Å². The summed E-state index contributed by atoms with van der Waals surface area (Å²) in [6.07, 6.45) is 2.76. The summed E-state index contributed by atoms with van der Waals surface area (Å²) in [7, 11) is 0. The number of hydrogen-bond donors (Lipinski definition) is 1. The van der Waals surface area contributed by atoms with E-state index in [1.165, 1.54) is 0 Å². The van der Waals surface area contributed by atoms with Crippen molar-refractivity contribution >= 4 is 41.1 Å². The van der Waals surface area contributed by atoms with Gasteiger partial charge in [-0.05, 0) is 31.6 Å². The molecule has 0 atom stereocenters. The fourth-order valence-electron chi connectivity index (χ4n) is 2.37. The maximum absolute atomic E-state index is 10.7. The van der Waals surface area contributed by atoms with E-state index in [1.807, 2.05) is 30.0 Å². The van der Waals surface area contributed by atoms with Gasteiger partial charge in [-0.25, -0.2) is 4.79 Å². The summed E-state index contributed by atoms with van der Waals surface area (Å²) in [5.74, 6) is 0.0887. The van der Waals surface area contributed by atoms with Crippen LogP contribution in [-0.4, -0.2) is 34.7 Å². The van der Waals surface area contributed by atoms with Crippen molar-refractivity contribution in [1.82, 2.24) is 0 Å². The first kappa shape index (κ1) is 15.3. The lowest BCUT2D eigenvalue weighted by Gasteiger charge is -2.40. The molecule has 0 radical (unpaired) electrons. The van der Waals surface area contributed by atoms with E-state index in [4.69, 9.17) is 16.7 Å². The number of nitrogens with zero attached hydrogens (tertiary/aromatic N) is 1. The molecule has 0 unspecified atom stereocenters. The maximum Gasteiger partial charge on any atom is 0.328 e. The van der Waals surface area contributed by atoms with Crippen LogP contribution in [0.3, 0.4) is 0 Å². The van der Waals surface area contributed by atoms with Gasteiger partial charge in [0.25, 0.3) is 0 Å². The molecule has 108 valence electrons. The predicted octanol–water partition coefficient (Wildman–Crippen LogP) is 3.77. The quantitative estimate of drug-likeness (QED) is 0.863. The summed E-state index contributed by atoms with van der Waals surface area (Å²) in [5, 5.41) is 9.46. The van der Waals surface area contributed by atoms with Crippen LogP contribution in [0.1, 0.15) is 19.4 Å². The number of carboxylic acids is 1. The number of thioether (sulfide) groups is 1. The predicted molar refractivity (Wildman–Crippen MR) is 86.9 cm³/mol. The molecule has 1 N–H and O–H groups in total. The van der Waals surface area contributed by atoms with Gasteiger partial charge >= 0.3 is 5.97 Å². The van der Waals surface area contributed by atoms with Crippen LogP contribution in [0.4, 0.5) is 5.69 Å².